The van der Waals surface area contributed by atoms with Gasteiger partial charge in [-0.1, -0.05) is 35.9 Å². The van der Waals surface area contributed by atoms with Gasteiger partial charge in [-0.05, 0) is 43.0 Å². The molecular weight excluding hydrogens is 492 g/mol. The fraction of sp³-hybridized carbons (Fsp3) is 0.259. The van der Waals surface area contributed by atoms with Gasteiger partial charge in [0, 0.05) is 41.4 Å². The van der Waals surface area contributed by atoms with E-state index in [0.717, 1.165) is 33.1 Å². The Morgan fingerprint density at radius 2 is 1.76 bits per heavy atom. The number of nitrogens with zero attached hydrogens (tertiary/aromatic N) is 3. The van der Waals surface area contributed by atoms with E-state index in [1.54, 1.807) is 17.2 Å². The van der Waals surface area contributed by atoms with Gasteiger partial charge in [0.05, 0.1) is 18.1 Å². The number of nitrogens with one attached hydrogen (secondary N) is 1. The first-order valence-corrected chi connectivity index (χ1v) is 12.8. The summed E-state index contributed by atoms with van der Waals surface area (Å²) in [7, 11) is 0. The molecule has 4 amide bonds. The van der Waals surface area contributed by atoms with Gasteiger partial charge in [-0.3, -0.25) is 24.1 Å². The molecular formula is C27H26N4O5S. The Hall–Kier alpha value is -3.89. The lowest BCUT2D eigenvalue weighted by Crippen LogP contribution is -2.46. The molecule has 0 atom stereocenters. The van der Waals surface area contributed by atoms with E-state index in [2.05, 4.69) is 5.32 Å². The highest BCUT2D eigenvalue weighted by Crippen LogP contribution is 2.34. The van der Waals surface area contributed by atoms with Crippen molar-refractivity contribution in [1.82, 2.24) is 14.4 Å². The quantitative estimate of drug-likeness (QED) is 0.502. The molecule has 0 saturated carbocycles. The van der Waals surface area contributed by atoms with E-state index < -0.39 is 11.1 Å². The third-order valence-electron chi connectivity index (χ3n) is 6.29. The van der Waals surface area contributed by atoms with Gasteiger partial charge < -0.3 is 19.5 Å². The van der Waals surface area contributed by atoms with Gasteiger partial charge in [0.25, 0.3) is 11.1 Å². The minimum absolute atomic E-state index is 0.0811. The zero-order valence-corrected chi connectivity index (χ0v) is 21.1. The number of thioether (sulfide) groups is 1. The largest absolute Gasteiger partial charge is 0.378 e. The van der Waals surface area contributed by atoms with Crippen molar-refractivity contribution in [3.8, 4) is 0 Å². The van der Waals surface area contributed by atoms with Crippen LogP contribution in [0.5, 0.6) is 0 Å². The van der Waals surface area contributed by atoms with Crippen molar-refractivity contribution in [2.75, 3.05) is 38.2 Å². The van der Waals surface area contributed by atoms with E-state index in [1.807, 2.05) is 60.0 Å². The van der Waals surface area contributed by atoms with Crippen molar-refractivity contribution in [2.45, 2.75) is 13.5 Å². The van der Waals surface area contributed by atoms with Crippen LogP contribution in [0.25, 0.3) is 17.0 Å². The van der Waals surface area contributed by atoms with Crippen molar-refractivity contribution in [1.29, 1.82) is 0 Å². The van der Waals surface area contributed by atoms with Crippen LogP contribution in [0.3, 0.4) is 0 Å². The lowest BCUT2D eigenvalue weighted by atomic mass is 10.1. The van der Waals surface area contributed by atoms with Crippen LogP contribution in [-0.4, -0.2) is 70.2 Å². The number of amides is 4. The van der Waals surface area contributed by atoms with Gasteiger partial charge in [-0.25, -0.2) is 0 Å². The van der Waals surface area contributed by atoms with Crippen LogP contribution in [0.4, 0.5) is 10.5 Å². The number of morpholine rings is 1. The van der Waals surface area contributed by atoms with Crippen molar-refractivity contribution < 1.29 is 23.9 Å². The van der Waals surface area contributed by atoms with Crippen molar-refractivity contribution in [3.05, 3.63) is 70.8 Å². The number of anilines is 1. The average molecular weight is 519 g/mol. The standard InChI is InChI=1S/C27H26N4O5S/c1-18-6-8-20(9-7-18)28-24(32)16-30-15-19(21-4-2-3-5-22(21)30)14-23-26(34)31(27(35)37-23)17-25(33)29-10-12-36-13-11-29/h2-9,14-15H,10-13,16-17H2,1H3,(H,28,32)/b23-14+. The van der Waals surface area contributed by atoms with Crippen LogP contribution >= 0.6 is 11.8 Å². The number of carbonyl (C=O) groups is 4. The van der Waals surface area contributed by atoms with E-state index in [0.29, 0.717) is 37.6 Å². The number of para-hydroxylation sites is 1. The summed E-state index contributed by atoms with van der Waals surface area (Å²) in [5.41, 5.74) is 3.36. The summed E-state index contributed by atoms with van der Waals surface area (Å²) in [6, 6.07) is 15.1. The smallest absolute Gasteiger partial charge is 0.294 e. The second-order valence-corrected chi connectivity index (χ2v) is 9.90. The number of hydrogen-bond acceptors (Lipinski definition) is 6. The van der Waals surface area contributed by atoms with Gasteiger partial charge in [-0.2, -0.15) is 0 Å². The predicted molar refractivity (Wildman–Crippen MR) is 142 cm³/mol. The number of carbonyl (C=O) groups excluding carboxylic acids is 4. The second kappa shape index (κ2) is 10.6. The highest BCUT2D eigenvalue weighted by Gasteiger charge is 2.37. The molecule has 5 rings (SSSR count). The summed E-state index contributed by atoms with van der Waals surface area (Å²) < 4.78 is 7.08. The summed E-state index contributed by atoms with van der Waals surface area (Å²) in [5, 5.41) is 3.28. The number of ether oxygens (including phenoxy) is 1. The topological polar surface area (TPSA) is 101 Å². The number of benzene rings is 2. The molecule has 0 unspecified atom stereocenters. The molecule has 190 valence electrons. The third kappa shape index (κ3) is 5.45. The Bertz CT molecular complexity index is 1410. The monoisotopic (exact) mass is 518 g/mol. The molecule has 2 aromatic carbocycles. The molecule has 10 heteroatoms. The summed E-state index contributed by atoms with van der Waals surface area (Å²) in [4.78, 5) is 53.8. The summed E-state index contributed by atoms with van der Waals surface area (Å²) in [5.74, 6) is -0.952. The first kappa shape index (κ1) is 24.8. The molecule has 2 aliphatic heterocycles. The zero-order valence-electron chi connectivity index (χ0n) is 20.3. The molecule has 2 fully saturated rings. The van der Waals surface area contributed by atoms with Crippen molar-refractivity contribution >= 4 is 57.4 Å². The molecule has 9 nitrogen and oxygen atoms in total. The van der Waals surface area contributed by atoms with Crippen LogP contribution in [0.15, 0.2) is 59.6 Å². The number of rotatable bonds is 6. The maximum Gasteiger partial charge on any atom is 0.294 e. The second-order valence-electron chi connectivity index (χ2n) is 8.90. The van der Waals surface area contributed by atoms with Gasteiger partial charge in [-0.15, -0.1) is 0 Å². The van der Waals surface area contributed by atoms with Crippen LogP contribution in [0, 0.1) is 6.92 Å². The van der Waals surface area contributed by atoms with E-state index >= 15 is 0 Å². The predicted octanol–water partition coefficient (Wildman–Crippen LogP) is 3.48. The first-order valence-electron chi connectivity index (χ1n) is 11.9. The van der Waals surface area contributed by atoms with Crippen LogP contribution in [0.1, 0.15) is 11.1 Å². The Kier molecular flexibility index (Phi) is 7.11. The van der Waals surface area contributed by atoms with Gasteiger partial charge >= 0.3 is 0 Å². The number of aryl methyl sites for hydroxylation is 1. The van der Waals surface area contributed by atoms with Crippen molar-refractivity contribution in [3.63, 3.8) is 0 Å². The van der Waals surface area contributed by atoms with E-state index in [-0.39, 0.29) is 29.8 Å². The number of aromatic nitrogens is 1. The Morgan fingerprint density at radius 3 is 2.51 bits per heavy atom. The van der Waals surface area contributed by atoms with Gasteiger partial charge in [0.2, 0.25) is 11.8 Å². The molecule has 0 bridgehead atoms. The van der Waals surface area contributed by atoms with Gasteiger partial charge in [0.15, 0.2) is 0 Å². The molecule has 1 N–H and O–H groups in total. The molecule has 1 aromatic heterocycles. The summed E-state index contributed by atoms with van der Waals surface area (Å²) in [6.45, 7) is 3.56. The van der Waals surface area contributed by atoms with Crippen molar-refractivity contribution in [2.24, 2.45) is 0 Å². The number of fused-ring (bicyclic) bond motifs is 1. The molecule has 0 spiro atoms. The normalized spacial score (nSPS) is 17.2. The van der Waals surface area contributed by atoms with E-state index in [4.69, 9.17) is 4.74 Å². The van der Waals surface area contributed by atoms with E-state index in [9.17, 15) is 19.2 Å². The van der Waals surface area contributed by atoms with Crippen LogP contribution in [-0.2, 0) is 25.7 Å². The summed E-state index contributed by atoms with van der Waals surface area (Å²) in [6.07, 6.45) is 3.45. The first-order chi connectivity index (χ1) is 17.9. The van der Waals surface area contributed by atoms with Crippen LogP contribution < -0.4 is 5.32 Å². The Morgan fingerprint density at radius 1 is 1.03 bits per heavy atom. The lowest BCUT2D eigenvalue weighted by Gasteiger charge is -2.28. The SMILES string of the molecule is Cc1ccc(NC(=O)Cn2cc(/C=C3/SC(=O)N(CC(=O)N4CCOCC4)C3=O)c3ccccc32)cc1. The van der Waals surface area contributed by atoms with Crippen LogP contribution in [0.2, 0.25) is 0 Å². The fourth-order valence-electron chi connectivity index (χ4n) is 4.34. The fourth-order valence-corrected chi connectivity index (χ4v) is 5.17. The molecule has 0 radical (unpaired) electrons. The van der Waals surface area contributed by atoms with Gasteiger partial charge in [0.1, 0.15) is 13.1 Å². The highest BCUT2D eigenvalue weighted by molar-refractivity contribution is 8.18. The number of hydrogen-bond donors (Lipinski definition) is 1. The highest BCUT2D eigenvalue weighted by atomic mass is 32.2. The summed E-state index contributed by atoms with van der Waals surface area (Å²) >= 11 is 0.814. The average Bonchev–Trinajstić information content (AvgIpc) is 3.37. The zero-order chi connectivity index (χ0) is 25.9. The molecule has 3 heterocycles. The maximum atomic E-state index is 13.0. The molecule has 2 saturated heterocycles. The lowest BCUT2D eigenvalue weighted by molar-refractivity contribution is -0.139. The Labute approximate surface area is 218 Å². The third-order valence-corrected chi connectivity index (χ3v) is 7.19. The van der Waals surface area contributed by atoms with E-state index in [1.165, 1.54) is 0 Å². The molecule has 37 heavy (non-hydrogen) atoms. The molecule has 3 aromatic rings. The molecule has 0 aliphatic carbocycles. The number of imide groups is 1. The molecule has 2 aliphatic rings. The minimum Gasteiger partial charge on any atom is -0.378 e. The Balaban J connectivity index is 1.34. The maximum absolute atomic E-state index is 13.0. The minimum atomic E-state index is -0.495.